The summed E-state index contributed by atoms with van der Waals surface area (Å²) < 4.78 is 0. The second-order valence-electron chi connectivity index (χ2n) is 1.88. The first-order valence-corrected chi connectivity index (χ1v) is 2.74. The molecule has 0 heterocycles. The van der Waals surface area contributed by atoms with E-state index in [0.717, 1.165) is 0 Å². The first-order chi connectivity index (χ1) is 4.54. The van der Waals surface area contributed by atoms with Crippen molar-refractivity contribution in [1.82, 2.24) is 0 Å². The quantitative estimate of drug-likeness (QED) is 0.533. The van der Waals surface area contributed by atoms with Gasteiger partial charge in [-0.3, -0.25) is 9.59 Å². The predicted molar refractivity (Wildman–Crippen MR) is 32.5 cm³/mol. The monoisotopic (exact) mass is 211 g/mol. The molecule has 0 saturated heterocycles. The van der Waals surface area contributed by atoms with E-state index in [0.29, 0.717) is 0 Å². The van der Waals surface area contributed by atoms with Crippen molar-refractivity contribution in [3.8, 4) is 0 Å². The summed E-state index contributed by atoms with van der Waals surface area (Å²) in [4.78, 5) is 19.9. The molecule has 0 radical (unpaired) electrons. The fraction of sp³-hybridized carbons (Fsp3) is 0.600. The molecule has 0 aliphatic rings. The SMILES string of the molecule is N[C@H](CCC(=O)O)C(=O)O.[Zn]. The maximum absolute atomic E-state index is 9.99. The van der Waals surface area contributed by atoms with Gasteiger partial charge in [0, 0.05) is 25.9 Å². The van der Waals surface area contributed by atoms with Crippen LogP contribution < -0.4 is 5.73 Å². The number of hydrogen-bond donors (Lipinski definition) is 3. The summed E-state index contributed by atoms with van der Waals surface area (Å²) in [5, 5.41) is 16.3. The molecule has 0 saturated carbocycles. The van der Waals surface area contributed by atoms with Crippen LogP contribution in [0.1, 0.15) is 12.8 Å². The Morgan fingerprint density at radius 2 is 1.82 bits per heavy atom. The number of hydrogen-bond acceptors (Lipinski definition) is 3. The second kappa shape index (κ2) is 6.25. The molecule has 0 unspecified atom stereocenters. The van der Waals surface area contributed by atoms with E-state index < -0.39 is 18.0 Å². The Bertz CT molecular complexity index is 149. The van der Waals surface area contributed by atoms with Crippen molar-refractivity contribution in [1.29, 1.82) is 0 Å². The Kier molecular flexibility index (Phi) is 7.46. The number of carboxylic acid groups (broad SMARTS) is 2. The van der Waals surface area contributed by atoms with E-state index in [2.05, 4.69) is 0 Å². The first-order valence-electron chi connectivity index (χ1n) is 2.74. The minimum atomic E-state index is -1.17. The summed E-state index contributed by atoms with van der Waals surface area (Å²) in [5.74, 6) is -2.20. The van der Waals surface area contributed by atoms with Gasteiger partial charge >= 0.3 is 11.9 Å². The van der Waals surface area contributed by atoms with Gasteiger partial charge in [-0.25, -0.2) is 0 Å². The van der Waals surface area contributed by atoms with Crippen molar-refractivity contribution in [3.63, 3.8) is 0 Å². The smallest absolute Gasteiger partial charge is 0.320 e. The van der Waals surface area contributed by atoms with Gasteiger partial charge in [-0.05, 0) is 6.42 Å². The molecule has 0 aromatic carbocycles. The third kappa shape index (κ3) is 7.42. The van der Waals surface area contributed by atoms with Crippen LogP contribution in [-0.4, -0.2) is 28.2 Å². The average Bonchev–Trinajstić information content (AvgIpc) is 1.82. The van der Waals surface area contributed by atoms with Crippen LogP contribution in [0.25, 0.3) is 0 Å². The minimum absolute atomic E-state index is 0. The van der Waals surface area contributed by atoms with E-state index in [-0.39, 0.29) is 32.3 Å². The maximum atomic E-state index is 9.99. The van der Waals surface area contributed by atoms with E-state index in [1.807, 2.05) is 0 Å². The molecule has 60 valence electrons. The van der Waals surface area contributed by atoms with Crippen LogP contribution in [0.15, 0.2) is 0 Å². The van der Waals surface area contributed by atoms with Crippen LogP contribution in [0.2, 0.25) is 0 Å². The van der Waals surface area contributed by atoms with Crippen LogP contribution >= 0.6 is 0 Å². The average molecular weight is 213 g/mol. The van der Waals surface area contributed by atoms with Gasteiger partial charge in [0.2, 0.25) is 0 Å². The summed E-state index contributed by atoms with van der Waals surface area (Å²) in [6.45, 7) is 0. The number of aliphatic carboxylic acids is 2. The summed E-state index contributed by atoms with van der Waals surface area (Å²) in [6.07, 6.45) is -0.224. The van der Waals surface area contributed by atoms with Crippen LogP contribution in [0, 0.1) is 0 Å². The Morgan fingerprint density at radius 1 is 1.36 bits per heavy atom. The Labute approximate surface area is 76.3 Å². The largest absolute Gasteiger partial charge is 0.481 e. The summed E-state index contributed by atoms with van der Waals surface area (Å²) in [7, 11) is 0. The minimum Gasteiger partial charge on any atom is -0.481 e. The van der Waals surface area contributed by atoms with Gasteiger partial charge in [0.1, 0.15) is 6.04 Å². The molecule has 6 heteroatoms. The zero-order valence-electron chi connectivity index (χ0n) is 5.99. The molecule has 0 bridgehead atoms. The van der Waals surface area contributed by atoms with Gasteiger partial charge in [0.05, 0.1) is 0 Å². The summed E-state index contributed by atoms with van der Waals surface area (Å²) in [6, 6.07) is -1.06. The van der Waals surface area contributed by atoms with E-state index in [1.54, 1.807) is 0 Å². The summed E-state index contributed by atoms with van der Waals surface area (Å²) >= 11 is 0. The molecule has 4 N–H and O–H groups in total. The molecule has 0 spiro atoms. The van der Waals surface area contributed by atoms with Crippen LogP contribution in [0.3, 0.4) is 0 Å². The van der Waals surface area contributed by atoms with E-state index in [4.69, 9.17) is 15.9 Å². The number of carboxylic acids is 2. The van der Waals surface area contributed by atoms with Gasteiger partial charge in [0.15, 0.2) is 0 Å². The topological polar surface area (TPSA) is 101 Å². The zero-order valence-corrected chi connectivity index (χ0v) is 8.95. The molecule has 0 amide bonds. The van der Waals surface area contributed by atoms with Gasteiger partial charge < -0.3 is 15.9 Å². The molecular formula is C5H9NO4Zn. The van der Waals surface area contributed by atoms with Crippen molar-refractivity contribution in [2.75, 3.05) is 0 Å². The maximum Gasteiger partial charge on any atom is 0.320 e. The van der Waals surface area contributed by atoms with E-state index in [9.17, 15) is 9.59 Å². The predicted octanol–water partition coefficient (Wildman–Crippen LogP) is -0.739. The fourth-order valence-corrected chi connectivity index (χ4v) is 0.402. The van der Waals surface area contributed by atoms with E-state index in [1.165, 1.54) is 0 Å². The van der Waals surface area contributed by atoms with Gasteiger partial charge in [-0.1, -0.05) is 0 Å². The molecule has 0 aliphatic heterocycles. The second-order valence-corrected chi connectivity index (χ2v) is 1.88. The van der Waals surface area contributed by atoms with Crippen LogP contribution in [0.5, 0.6) is 0 Å². The number of carbonyl (C=O) groups is 2. The fourth-order valence-electron chi connectivity index (χ4n) is 0.402. The molecule has 0 aromatic rings. The zero-order chi connectivity index (χ0) is 8.15. The summed E-state index contributed by atoms with van der Waals surface area (Å²) in [5.41, 5.74) is 5.00. The molecule has 5 nitrogen and oxygen atoms in total. The molecular weight excluding hydrogens is 203 g/mol. The molecule has 11 heavy (non-hydrogen) atoms. The number of nitrogens with two attached hydrogens (primary N) is 1. The Morgan fingerprint density at radius 3 is 2.09 bits per heavy atom. The Balaban J connectivity index is 0. The third-order valence-electron chi connectivity index (χ3n) is 0.986. The Hall–Kier alpha value is -0.477. The normalized spacial score (nSPS) is 11.4. The third-order valence-corrected chi connectivity index (χ3v) is 0.986. The van der Waals surface area contributed by atoms with Gasteiger partial charge in [0.25, 0.3) is 0 Å². The van der Waals surface area contributed by atoms with E-state index >= 15 is 0 Å². The molecule has 0 aromatic heterocycles. The first kappa shape index (κ1) is 13.1. The van der Waals surface area contributed by atoms with Gasteiger partial charge in [-0.2, -0.15) is 0 Å². The van der Waals surface area contributed by atoms with Gasteiger partial charge in [-0.15, -0.1) is 0 Å². The van der Waals surface area contributed by atoms with Crippen LogP contribution in [0.4, 0.5) is 0 Å². The molecule has 0 aliphatic carbocycles. The van der Waals surface area contributed by atoms with Crippen molar-refractivity contribution in [2.24, 2.45) is 5.73 Å². The standard InChI is InChI=1S/C5H9NO4.Zn/c6-3(5(9)10)1-2-4(7)8;/h3H,1-2,6H2,(H,7,8)(H,9,10);/t3-;/m1./s1. The molecule has 1 atom stereocenters. The number of rotatable bonds is 4. The van der Waals surface area contributed by atoms with Crippen molar-refractivity contribution in [3.05, 3.63) is 0 Å². The van der Waals surface area contributed by atoms with Crippen LogP contribution in [-0.2, 0) is 29.1 Å². The van der Waals surface area contributed by atoms with Crippen molar-refractivity contribution < 1.29 is 39.3 Å². The molecule has 0 rings (SSSR count). The van der Waals surface area contributed by atoms with Crippen molar-refractivity contribution in [2.45, 2.75) is 18.9 Å². The molecule has 0 fully saturated rings. The van der Waals surface area contributed by atoms with Crippen molar-refractivity contribution >= 4 is 11.9 Å².